The summed E-state index contributed by atoms with van der Waals surface area (Å²) in [5.41, 5.74) is 4.18. The van der Waals surface area contributed by atoms with E-state index in [-0.39, 0.29) is 0 Å². The SMILES string of the molecule is COc1ccccc1-c1nc2c(C)cccn2c1NC1CCCCC1. The summed E-state index contributed by atoms with van der Waals surface area (Å²) in [7, 11) is 1.72. The molecule has 0 aliphatic heterocycles. The van der Waals surface area contributed by atoms with Gasteiger partial charge in [0.25, 0.3) is 0 Å². The predicted octanol–water partition coefficient (Wildman–Crippen LogP) is 5.06. The lowest BCUT2D eigenvalue weighted by Crippen LogP contribution is -2.23. The van der Waals surface area contributed by atoms with Gasteiger partial charge >= 0.3 is 0 Å². The summed E-state index contributed by atoms with van der Waals surface area (Å²) in [4.78, 5) is 4.98. The van der Waals surface area contributed by atoms with Crippen LogP contribution in [0.4, 0.5) is 5.82 Å². The van der Waals surface area contributed by atoms with E-state index in [1.165, 1.54) is 37.7 Å². The van der Waals surface area contributed by atoms with Crippen LogP contribution in [-0.4, -0.2) is 22.5 Å². The van der Waals surface area contributed by atoms with Crippen molar-refractivity contribution in [2.75, 3.05) is 12.4 Å². The highest BCUT2D eigenvalue weighted by Crippen LogP contribution is 2.36. The van der Waals surface area contributed by atoms with Crippen LogP contribution in [0, 0.1) is 6.92 Å². The Balaban J connectivity index is 1.87. The molecule has 1 aromatic carbocycles. The molecule has 0 spiro atoms. The van der Waals surface area contributed by atoms with Crippen LogP contribution in [0.2, 0.25) is 0 Å². The predicted molar refractivity (Wildman–Crippen MR) is 102 cm³/mol. The zero-order valence-electron chi connectivity index (χ0n) is 15.0. The molecule has 3 aromatic rings. The number of pyridine rings is 1. The lowest BCUT2D eigenvalue weighted by molar-refractivity contribution is 0.416. The van der Waals surface area contributed by atoms with Gasteiger partial charge in [-0.1, -0.05) is 37.5 Å². The zero-order chi connectivity index (χ0) is 17.2. The Bertz CT molecular complexity index is 878. The monoisotopic (exact) mass is 335 g/mol. The van der Waals surface area contributed by atoms with Gasteiger partial charge in [-0.05, 0) is 43.5 Å². The van der Waals surface area contributed by atoms with Crippen molar-refractivity contribution < 1.29 is 4.74 Å². The molecule has 130 valence electrons. The van der Waals surface area contributed by atoms with Crippen LogP contribution in [0.1, 0.15) is 37.7 Å². The summed E-state index contributed by atoms with van der Waals surface area (Å²) in [6.07, 6.45) is 8.51. The van der Waals surface area contributed by atoms with E-state index < -0.39 is 0 Å². The first-order valence-electron chi connectivity index (χ1n) is 9.15. The molecule has 4 heteroatoms. The number of imidazole rings is 1. The van der Waals surface area contributed by atoms with E-state index in [0.717, 1.165) is 28.5 Å². The van der Waals surface area contributed by atoms with Gasteiger partial charge in [-0.25, -0.2) is 4.98 Å². The van der Waals surface area contributed by atoms with Gasteiger partial charge in [-0.2, -0.15) is 0 Å². The summed E-state index contributed by atoms with van der Waals surface area (Å²) < 4.78 is 7.78. The number of hydrogen-bond acceptors (Lipinski definition) is 3. The third-order valence-electron chi connectivity index (χ3n) is 5.15. The number of para-hydroxylation sites is 1. The van der Waals surface area contributed by atoms with Crippen LogP contribution in [-0.2, 0) is 0 Å². The van der Waals surface area contributed by atoms with Gasteiger partial charge in [0.05, 0.1) is 7.11 Å². The maximum Gasteiger partial charge on any atom is 0.142 e. The fourth-order valence-electron chi connectivity index (χ4n) is 3.81. The second kappa shape index (κ2) is 6.79. The Labute approximate surface area is 148 Å². The van der Waals surface area contributed by atoms with Crippen LogP contribution in [0.15, 0.2) is 42.6 Å². The average molecular weight is 335 g/mol. The molecule has 1 fully saturated rings. The molecule has 0 amide bonds. The molecule has 4 nitrogen and oxygen atoms in total. The number of methoxy groups -OCH3 is 1. The van der Waals surface area contributed by atoms with Crippen molar-refractivity contribution in [1.29, 1.82) is 0 Å². The molecule has 25 heavy (non-hydrogen) atoms. The Morgan fingerprint density at radius 2 is 1.88 bits per heavy atom. The number of benzene rings is 1. The van der Waals surface area contributed by atoms with Crippen LogP contribution in [0.25, 0.3) is 16.9 Å². The third-order valence-corrected chi connectivity index (χ3v) is 5.15. The van der Waals surface area contributed by atoms with Crippen LogP contribution in [0.5, 0.6) is 5.75 Å². The maximum atomic E-state index is 5.59. The number of aryl methyl sites for hydroxylation is 1. The standard InChI is InChI=1S/C21H25N3O/c1-15-9-8-14-24-20(15)23-19(17-12-6-7-13-18(17)25-2)21(24)22-16-10-4-3-5-11-16/h6-9,12-14,16,22H,3-5,10-11H2,1-2H3. The van der Waals surface area contributed by atoms with Gasteiger partial charge < -0.3 is 10.1 Å². The molecule has 0 unspecified atom stereocenters. The number of fused-ring (bicyclic) bond motifs is 1. The highest BCUT2D eigenvalue weighted by atomic mass is 16.5. The van der Waals surface area contributed by atoms with Gasteiger partial charge in [-0.15, -0.1) is 0 Å². The number of nitrogens with zero attached hydrogens (tertiary/aromatic N) is 2. The molecule has 2 aromatic heterocycles. The number of ether oxygens (including phenoxy) is 1. The quantitative estimate of drug-likeness (QED) is 0.724. The first-order valence-corrected chi connectivity index (χ1v) is 9.15. The molecule has 0 bridgehead atoms. The number of anilines is 1. The first kappa shape index (κ1) is 16.0. The second-order valence-corrected chi connectivity index (χ2v) is 6.87. The van der Waals surface area contributed by atoms with Gasteiger partial charge in [0, 0.05) is 17.8 Å². The number of aromatic nitrogens is 2. The summed E-state index contributed by atoms with van der Waals surface area (Å²) in [5.74, 6) is 1.94. The minimum Gasteiger partial charge on any atom is -0.496 e. The van der Waals surface area contributed by atoms with Crippen molar-refractivity contribution in [2.45, 2.75) is 45.1 Å². The molecule has 0 atom stereocenters. The number of rotatable bonds is 4. The van der Waals surface area contributed by atoms with Gasteiger partial charge in [0.2, 0.25) is 0 Å². The zero-order valence-corrected chi connectivity index (χ0v) is 15.0. The van der Waals surface area contributed by atoms with Crippen molar-refractivity contribution in [1.82, 2.24) is 9.38 Å². The Kier molecular flexibility index (Phi) is 4.35. The van der Waals surface area contributed by atoms with E-state index in [1.807, 2.05) is 18.2 Å². The molecular weight excluding hydrogens is 310 g/mol. The fourth-order valence-corrected chi connectivity index (χ4v) is 3.81. The van der Waals surface area contributed by atoms with Crippen molar-refractivity contribution in [3.05, 3.63) is 48.2 Å². The minimum absolute atomic E-state index is 0.516. The lowest BCUT2D eigenvalue weighted by atomic mass is 9.95. The molecule has 1 N–H and O–H groups in total. The summed E-state index contributed by atoms with van der Waals surface area (Å²) in [6, 6.07) is 12.8. The number of hydrogen-bond donors (Lipinski definition) is 1. The van der Waals surface area contributed by atoms with Gasteiger partial charge in [0.1, 0.15) is 22.9 Å². The average Bonchev–Trinajstić information content (AvgIpc) is 3.02. The molecule has 0 saturated heterocycles. The minimum atomic E-state index is 0.516. The first-order chi connectivity index (χ1) is 12.3. The topological polar surface area (TPSA) is 38.6 Å². The Hall–Kier alpha value is -2.49. The Morgan fingerprint density at radius 1 is 1.08 bits per heavy atom. The van der Waals surface area contributed by atoms with Gasteiger partial charge in [-0.3, -0.25) is 4.40 Å². The molecule has 1 aliphatic rings. The summed E-state index contributed by atoms with van der Waals surface area (Å²) in [6.45, 7) is 2.11. The van der Waals surface area contributed by atoms with E-state index in [2.05, 4.69) is 41.0 Å². The summed E-state index contributed by atoms with van der Waals surface area (Å²) in [5, 5.41) is 3.79. The van der Waals surface area contributed by atoms with E-state index in [4.69, 9.17) is 9.72 Å². The van der Waals surface area contributed by atoms with Crippen LogP contribution >= 0.6 is 0 Å². The third kappa shape index (κ3) is 2.97. The molecule has 1 aliphatic carbocycles. The molecular formula is C21H25N3O. The number of nitrogens with one attached hydrogen (secondary N) is 1. The fraction of sp³-hybridized carbons (Fsp3) is 0.381. The van der Waals surface area contributed by atoms with Gasteiger partial charge in [0.15, 0.2) is 0 Å². The van der Waals surface area contributed by atoms with Crippen molar-refractivity contribution >= 4 is 11.5 Å². The summed E-state index contributed by atoms with van der Waals surface area (Å²) >= 11 is 0. The van der Waals surface area contributed by atoms with E-state index in [9.17, 15) is 0 Å². The highest BCUT2D eigenvalue weighted by Gasteiger charge is 2.21. The van der Waals surface area contributed by atoms with Crippen LogP contribution < -0.4 is 10.1 Å². The lowest BCUT2D eigenvalue weighted by Gasteiger charge is -2.24. The van der Waals surface area contributed by atoms with Crippen molar-refractivity contribution in [3.8, 4) is 17.0 Å². The van der Waals surface area contributed by atoms with Crippen LogP contribution in [0.3, 0.4) is 0 Å². The maximum absolute atomic E-state index is 5.59. The van der Waals surface area contributed by atoms with Crippen molar-refractivity contribution in [2.24, 2.45) is 0 Å². The normalized spacial score (nSPS) is 15.4. The second-order valence-electron chi connectivity index (χ2n) is 6.87. The molecule has 0 radical (unpaired) electrons. The molecule has 4 rings (SSSR count). The van der Waals surface area contributed by atoms with E-state index in [0.29, 0.717) is 6.04 Å². The Morgan fingerprint density at radius 3 is 2.68 bits per heavy atom. The highest BCUT2D eigenvalue weighted by molar-refractivity contribution is 5.81. The van der Waals surface area contributed by atoms with E-state index >= 15 is 0 Å². The largest absolute Gasteiger partial charge is 0.496 e. The van der Waals surface area contributed by atoms with Crippen molar-refractivity contribution in [3.63, 3.8) is 0 Å². The molecule has 2 heterocycles. The van der Waals surface area contributed by atoms with E-state index in [1.54, 1.807) is 7.11 Å². The smallest absolute Gasteiger partial charge is 0.142 e. The molecule has 1 saturated carbocycles.